The largest absolute Gasteiger partial charge is 0.454 e. The number of carbonyl (C=O) groups is 2. The Hall–Kier alpha value is -3.12. The summed E-state index contributed by atoms with van der Waals surface area (Å²) in [5, 5.41) is 17.0. The Kier molecular flexibility index (Phi) is 9.09. The molecule has 2 fully saturated rings. The van der Waals surface area contributed by atoms with Crippen molar-refractivity contribution in [2.45, 2.75) is 70.5 Å². The minimum Gasteiger partial charge on any atom is -0.454 e. The van der Waals surface area contributed by atoms with Gasteiger partial charge in [0, 0.05) is 55.3 Å². The predicted octanol–water partition coefficient (Wildman–Crippen LogP) is 4.75. The van der Waals surface area contributed by atoms with E-state index in [1.165, 1.54) is 0 Å². The second-order valence-corrected chi connectivity index (χ2v) is 12.7. The number of nitrogens with one attached hydrogen (secondary N) is 2. The summed E-state index contributed by atoms with van der Waals surface area (Å²) in [4.78, 5) is 29.9. The number of halogens is 1. The Morgan fingerprint density at radius 3 is 2.38 bits per heavy atom. The first-order valence-electron chi connectivity index (χ1n) is 13.9. The zero-order valence-corrected chi connectivity index (χ0v) is 24.9. The van der Waals surface area contributed by atoms with E-state index in [2.05, 4.69) is 56.3 Å². The molecule has 2 N–H and O–H groups in total. The van der Waals surface area contributed by atoms with Gasteiger partial charge in [-0.15, -0.1) is 0 Å². The van der Waals surface area contributed by atoms with E-state index in [9.17, 15) is 14.9 Å². The highest BCUT2D eigenvalue weighted by Crippen LogP contribution is 2.34. The van der Waals surface area contributed by atoms with Crippen LogP contribution < -0.4 is 15.4 Å². The van der Waals surface area contributed by atoms with Gasteiger partial charge < -0.3 is 25.2 Å². The number of hydrogen-bond donors (Lipinski definition) is 2. The van der Waals surface area contributed by atoms with Crippen molar-refractivity contribution in [2.24, 2.45) is 0 Å². The van der Waals surface area contributed by atoms with Crippen molar-refractivity contribution in [1.29, 1.82) is 5.26 Å². The number of nitriles is 1. The average molecular weight is 566 g/mol. The lowest BCUT2D eigenvalue weighted by molar-refractivity contribution is -0.132. The Bertz CT molecular complexity index is 1280. The van der Waals surface area contributed by atoms with Gasteiger partial charge in [-0.25, -0.2) is 0 Å². The van der Waals surface area contributed by atoms with Gasteiger partial charge >= 0.3 is 0 Å². The molecule has 214 valence electrons. The van der Waals surface area contributed by atoms with E-state index in [4.69, 9.17) is 16.3 Å². The molecule has 2 aliphatic rings. The Balaban J connectivity index is 1.41. The lowest BCUT2D eigenvalue weighted by Crippen LogP contribution is -2.62. The Morgan fingerprint density at radius 1 is 1.07 bits per heavy atom. The highest BCUT2D eigenvalue weighted by Gasteiger charge is 2.38. The molecule has 2 aromatic carbocycles. The molecule has 9 heteroatoms. The number of piperidine rings is 1. The summed E-state index contributed by atoms with van der Waals surface area (Å²) in [6.45, 7) is 11.8. The van der Waals surface area contributed by atoms with Crippen LogP contribution in [-0.2, 0) is 11.2 Å². The number of hydrogen-bond acceptors (Lipinski definition) is 6. The van der Waals surface area contributed by atoms with Crippen LogP contribution in [-0.4, -0.2) is 72.0 Å². The van der Waals surface area contributed by atoms with Crippen LogP contribution in [0.1, 0.15) is 68.4 Å². The molecule has 0 bridgehead atoms. The normalized spacial score (nSPS) is 19.1. The van der Waals surface area contributed by atoms with Gasteiger partial charge in [-0.2, -0.15) is 5.26 Å². The molecular weight excluding hydrogens is 526 g/mol. The van der Waals surface area contributed by atoms with Crippen LogP contribution in [0.25, 0.3) is 0 Å². The molecule has 0 radical (unpaired) electrons. The van der Waals surface area contributed by atoms with E-state index in [0.29, 0.717) is 35.5 Å². The molecule has 0 atom stereocenters. The Morgan fingerprint density at radius 2 is 1.75 bits per heavy atom. The van der Waals surface area contributed by atoms with Gasteiger partial charge in [0.15, 0.2) is 0 Å². The van der Waals surface area contributed by atoms with Crippen LogP contribution in [0, 0.1) is 11.3 Å². The van der Waals surface area contributed by atoms with Gasteiger partial charge in [0.2, 0.25) is 5.91 Å². The first kappa shape index (κ1) is 29.9. The number of carbonyl (C=O) groups excluding carboxylic acids is 2. The van der Waals surface area contributed by atoms with Crippen LogP contribution in [0.15, 0.2) is 36.4 Å². The maximum absolute atomic E-state index is 13.1. The molecule has 40 heavy (non-hydrogen) atoms. The fourth-order valence-electron chi connectivity index (χ4n) is 5.99. The van der Waals surface area contributed by atoms with E-state index in [-0.39, 0.29) is 34.0 Å². The zero-order valence-electron chi connectivity index (χ0n) is 24.1. The summed E-state index contributed by atoms with van der Waals surface area (Å²) in [6, 6.07) is 12.6. The second-order valence-electron chi connectivity index (χ2n) is 12.3. The molecule has 2 aliphatic heterocycles. The highest BCUT2D eigenvalue weighted by molar-refractivity contribution is 6.32. The zero-order chi connectivity index (χ0) is 29.1. The third-order valence-electron chi connectivity index (χ3n) is 7.63. The summed E-state index contributed by atoms with van der Waals surface area (Å²) >= 11 is 6.54. The summed E-state index contributed by atoms with van der Waals surface area (Å²) in [5.41, 5.74) is 1.41. The molecule has 4 rings (SSSR count). The number of aryl methyl sites for hydroxylation is 1. The summed E-state index contributed by atoms with van der Waals surface area (Å²) < 4.78 is 6.05. The van der Waals surface area contributed by atoms with E-state index in [1.807, 2.05) is 17.0 Å². The van der Waals surface area contributed by atoms with Crippen molar-refractivity contribution in [1.82, 2.24) is 20.4 Å². The van der Waals surface area contributed by atoms with Gasteiger partial charge in [0.1, 0.15) is 17.6 Å². The van der Waals surface area contributed by atoms with E-state index >= 15 is 0 Å². The van der Waals surface area contributed by atoms with Gasteiger partial charge in [-0.3, -0.25) is 9.59 Å². The minimum atomic E-state index is -0.184. The fraction of sp³-hybridized carbons (Fsp3) is 0.516. The molecule has 0 unspecified atom stereocenters. The van der Waals surface area contributed by atoms with Crippen LogP contribution in [0.3, 0.4) is 0 Å². The van der Waals surface area contributed by atoms with E-state index in [1.54, 1.807) is 24.3 Å². The number of amides is 2. The van der Waals surface area contributed by atoms with Crippen LogP contribution in [0.4, 0.5) is 0 Å². The smallest absolute Gasteiger partial charge is 0.251 e. The molecule has 0 aromatic heterocycles. The van der Waals surface area contributed by atoms with Crippen molar-refractivity contribution in [3.63, 3.8) is 0 Å². The first-order valence-corrected chi connectivity index (χ1v) is 14.3. The summed E-state index contributed by atoms with van der Waals surface area (Å²) in [6.07, 6.45) is 2.43. The molecule has 2 heterocycles. The molecule has 0 aliphatic carbocycles. The molecule has 8 nitrogen and oxygen atoms in total. The number of likely N-dealkylation sites (N-methyl/N-ethyl adjacent to an activating group) is 1. The van der Waals surface area contributed by atoms with E-state index in [0.717, 1.165) is 44.6 Å². The van der Waals surface area contributed by atoms with Gasteiger partial charge in [0.05, 0.1) is 10.6 Å². The topological polar surface area (TPSA) is 97.7 Å². The van der Waals surface area contributed by atoms with Crippen LogP contribution in [0.5, 0.6) is 11.5 Å². The second kappa shape index (κ2) is 12.2. The lowest BCUT2D eigenvalue weighted by Gasteiger charge is -2.46. The quantitative estimate of drug-likeness (QED) is 0.503. The Labute approximate surface area is 242 Å². The van der Waals surface area contributed by atoms with Gasteiger partial charge in [-0.1, -0.05) is 23.7 Å². The number of piperazine rings is 1. The summed E-state index contributed by atoms with van der Waals surface area (Å²) in [5.74, 6) is 0.628. The van der Waals surface area contributed by atoms with Crippen molar-refractivity contribution < 1.29 is 14.3 Å². The fourth-order valence-corrected chi connectivity index (χ4v) is 6.21. The molecular formula is C31H40ClN5O3. The SMILES string of the molecule is CN1CCN(C(=O)CCc2cccc(Oc3ccc(C(=O)NC4CC(C)(C)NC(C)(C)C4)cc3Cl)c2C#N)CC1. The lowest BCUT2D eigenvalue weighted by atomic mass is 9.79. The number of ether oxygens (including phenoxy) is 1. The maximum atomic E-state index is 13.1. The average Bonchev–Trinajstić information content (AvgIpc) is 2.87. The van der Waals surface area contributed by atoms with Crippen molar-refractivity contribution in [3.8, 4) is 17.6 Å². The van der Waals surface area contributed by atoms with Gasteiger partial charge in [0.25, 0.3) is 5.91 Å². The minimum absolute atomic E-state index is 0.0394. The molecule has 2 aromatic rings. The van der Waals surface area contributed by atoms with Gasteiger partial charge in [-0.05, 0) is 83.8 Å². The molecule has 0 saturated carbocycles. The van der Waals surface area contributed by atoms with E-state index < -0.39 is 0 Å². The molecule has 0 spiro atoms. The van der Waals surface area contributed by atoms with Crippen molar-refractivity contribution in [3.05, 3.63) is 58.1 Å². The monoisotopic (exact) mass is 565 g/mol. The molecule has 2 amide bonds. The molecule has 2 saturated heterocycles. The number of benzene rings is 2. The van der Waals surface area contributed by atoms with Crippen molar-refractivity contribution in [2.75, 3.05) is 33.2 Å². The van der Waals surface area contributed by atoms with Crippen LogP contribution in [0.2, 0.25) is 5.02 Å². The first-order chi connectivity index (χ1) is 18.9. The number of rotatable bonds is 7. The number of nitrogens with zero attached hydrogens (tertiary/aromatic N) is 3. The van der Waals surface area contributed by atoms with Crippen molar-refractivity contribution >= 4 is 23.4 Å². The highest BCUT2D eigenvalue weighted by atomic mass is 35.5. The standard InChI is InChI=1S/C31H40ClN5O3/c1-30(2)18-23(19-31(3,4)35-30)34-29(39)22-9-11-27(25(32)17-22)40-26-8-6-7-21(24(26)20-33)10-12-28(38)37-15-13-36(5)14-16-37/h6-9,11,17,23,35H,10,12-16,18-19H2,1-5H3,(H,34,39). The predicted molar refractivity (Wildman–Crippen MR) is 157 cm³/mol. The third-order valence-corrected chi connectivity index (χ3v) is 7.92. The van der Waals surface area contributed by atoms with Crippen LogP contribution >= 0.6 is 11.6 Å². The maximum Gasteiger partial charge on any atom is 0.251 e. The third kappa shape index (κ3) is 7.54. The summed E-state index contributed by atoms with van der Waals surface area (Å²) in [7, 11) is 2.05.